The summed E-state index contributed by atoms with van der Waals surface area (Å²) in [6, 6.07) is 3.86. The van der Waals surface area contributed by atoms with Crippen LogP contribution >= 0.6 is 23.1 Å². The largest absolute Gasteiger partial charge is 0.481 e. The highest BCUT2D eigenvalue weighted by atomic mass is 32.2. The second kappa shape index (κ2) is 6.96. The van der Waals surface area contributed by atoms with Crippen LogP contribution in [-0.2, 0) is 15.3 Å². The molecule has 1 unspecified atom stereocenters. The number of carboxylic acid groups (broad SMARTS) is 1. The summed E-state index contributed by atoms with van der Waals surface area (Å²) >= 11 is 3.24. The monoisotopic (exact) mass is 299 g/mol. The zero-order chi connectivity index (χ0) is 13.7. The van der Waals surface area contributed by atoms with Gasteiger partial charge in [0.1, 0.15) is 0 Å². The quantitative estimate of drug-likeness (QED) is 0.773. The molecule has 1 fully saturated rings. The average molecular weight is 299 g/mol. The third-order valence-corrected chi connectivity index (χ3v) is 5.03. The van der Waals surface area contributed by atoms with Crippen molar-refractivity contribution in [1.29, 1.82) is 0 Å². The number of thioether (sulfide) groups is 1. The number of amides is 1. The van der Waals surface area contributed by atoms with E-state index in [1.807, 2.05) is 17.5 Å². The lowest BCUT2D eigenvalue weighted by molar-refractivity contribution is -0.137. The topological polar surface area (TPSA) is 66.4 Å². The number of thiophene rings is 1. The number of aliphatic carboxylic acids is 1. The summed E-state index contributed by atoms with van der Waals surface area (Å²) < 4.78 is 0. The Morgan fingerprint density at radius 2 is 2.32 bits per heavy atom. The van der Waals surface area contributed by atoms with Gasteiger partial charge >= 0.3 is 5.97 Å². The molecule has 1 aliphatic rings. The minimum Gasteiger partial charge on any atom is -0.481 e. The molecule has 1 heterocycles. The van der Waals surface area contributed by atoms with Crippen LogP contribution in [0.15, 0.2) is 17.5 Å². The van der Waals surface area contributed by atoms with Crippen molar-refractivity contribution in [2.24, 2.45) is 5.92 Å². The Morgan fingerprint density at radius 1 is 1.53 bits per heavy atom. The van der Waals surface area contributed by atoms with Crippen LogP contribution < -0.4 is 5.32 Å². The highest BCUT2D eigenvalue weighted by molar-refractivity contribution is 7.99. The summed E-state index contributed by atoms with van der Waals surface area (Å²) in [7, 11) is 0. The third kappa shape index (κ3) is 5.24. The number of carboxylic acids is 1. The second-order valence-corrected chi connectivity index (χ2v) is 6.70. The van der Waals surface area contributed by atoms with Crippen molar-refractivity contribution in [2.75, 3.05) is 5.75 Å². The van der Waals surface area contributed by atoms with E-state index in [0.29, 0.717) is 11.7 Å². The van der Waals surface area contributed by atoms with Crippen molar-refractivity contribution in [2.45, 2.75) is 31.1 Å². The van der Waals surface area contributed by atoms with Crippen molar-refractivity contribution < 1.29 is 14.7 Å². The van der Waals surface area contributed by atoms with Crippen molar-refractivity contribution >= 4 is 35.0 Å². The Hall–Kier alpha value is -1.01. The van der Waals surface area contributed by atoms with E-state index in [4.69, 9.17) is 5.11 Å². The van der Waals surface area contributed by atoms with Crippen LogP contribution in [0.2, 0.25) is 0 Å². The molecule has 1 aromatic heterocycles. The van der Waals surface area contributed by atoms with E-state index in [1.54, 1.807) is 23.1 Å². The molecule has 104 valence electrons. The van der Waals surface area contributed by atoms with Gasteiger partial charge in [0.15, 0.2) is 0 Å². The van der Waals surface area contributed by atoms with E-state index < -0.39 is 5.97 Å². The number of carbonyl (C=O) groups excluding carboxylic acids is 1. The van der Waals surface area contributed by atoms with Gasteiger partial charge < -0.3 is 10.4 Å². The van der Waals surface area contributed by atoms with Gasteiger partial charge in [-0.15, -0.1) is 23.1 Å². The Labute approximate surface area is 120 Å². The highest BCUT2D eigenvalue weighted by Gasteiger charge is 2.33. The molecule has 0 spiro atoms. The molecule has 0 aromatic carbocycles. The minimum absolute atomic E-state index is 0.0337. The summed E-state index contributed by atoms with van der Waals surface area (Å²) in [5.41, 5.74) is 0. The Kier molecular flexibility index (Phi) is 5.27. The molecule has 1 saturated carbocycles. The van der Waals surface area contributed by atoms with Crippen molar-refractivity contribution in [3.8, 4) is 0 Å². The molecule has 1 aliphatic carbocycles. The van der Waals surface area contributed by atoms with Gasteiger partial charge in [-0.1, -0.05) is 6.07 Å². The van der Waals surface area contributed by atoms with Gasteiger partial charge in [-0.05, 0) is 30.2 Å². The Balaban J connectivity index is 1.68. The van der Waals surface area contributed by atoms with Crippen molar-refractivity contribution in [3.05, 3.63) is 22.4 Å². The van der Waals surface area contributed by atoms with E-state index in [0.717, 1.165) is 18.6 Å². The first-order valence-electron chi connectivity index (χ1n) is 6.26. The van der Waals surface area contributed by atoms with E-state index >= 15 is 0 Å². The van der Waals surface area contributed by atoms with Gasteiger partial charge in [0.05, 0.1) is 12.2 Å². The van der Waals surface area contributed by atoms with Gasteiger partial charge in [0, 0.05) is 16.7 Å². The number of carbonyl (C=O) groups is 2. The van der Waals surface area contributed by atoms with Crippen LogP contribution in [0.5, 0.6) is 0 Å². The fraction of sp³-hybridized carbons (Fsp3) is 0.538. The zero-order valence-corrected chi connectivity index (χ0v) is 12.1. The minimum atomic E-state index is -0.844. The molecule has 6 heteroatoms. The van der Waals surface area contributed by atoms with Crippen LogP contribution in [0.4, 0.5) is 0 Å². The van der Waals surface area contributed by atoms with Gasteiger partial charge in [-0.25, -0.2) is 0 Å². The second-order valence-electron chi connectivity index (χ2n) is 4.68. The van der Waals surface area contributed by atoms with Crippen LogP contribution in [0.25, 0.3) is 0 Å². The lowest BCUT2D eigenvalue weighted by atomic mass is 10.1. The molecule has 0 aliphatic heterocycles. The van der Waals surface area contributed by atoms with Crippen LogP contribution in [-0.4, -0.2) is 28.8 Å². The fourth-order valence-electron chi connectivity index (χ4n) is 1.91. The molecule has 0 bridgehead atoms. The molecule has 1 aromatic rings. The molecular weight excluding hydrogens is 282 g/mol. The lowest BCUT2D eigenvalue weighted by Gasteiger charge is -2.15. The van der Waals surface area contributed by atoms with Crippen molar-refractivity contribution in [3.63, 3.8) is 0 Å². The van der Waals surface area contributed by atoms with Crippen LogP contribution in [0.3, 0.4) is 0 Å². The average Bonchev–Trinajstić information content (AvgIpc) is 3.07. The fourth-order valence-corrected chi connectivity index (χ4v) is 3.59. The zero-order valence-electron chi connectivity index (χ0n) is 10.5. The van der Waals surface area contributed by atoms with E-state index in [-0.39, 0.29) is 18.4 Å². The summed E-state index contributed by atoms with van der Waals surface area (Å²) in [6.07, 6.45) is 2.09. The molecule has 2 rings (SSSR count). The molecular formula is C13H17NO3S2. The van der Waals surface area contributed by atoms with Crippen LogP contribution in [0, 0.1) is 5.92 Å². The summed E-state index contributed by atoms with van der Waals surface area (Å²) in [6.45, 7) is 0. The summed E-state index contributed by atoms with van der Waals surface area (Å²) in [5, 5.41) is 13.7. The molecule has 0 saturated heterocycles. The van der Waals surface area contributed by atoms with E-state index in [1.165, 1.54) is 4.88 Å². The standard InChI is InChI=1S/C13H17NO3S2/c15-12(8-18-7-10-2-1-5-19-10)14-11(6-13(16)17)9-3-4-9/h1-2,5,9,11H,3-4,6-8H2,(H,14,15)(H,16,17). The maximum absolute atomic E-state index is 11.8. The normalized spacial score (nSPS) is 16.0. The molecule has 1 amide bonds. The van der Waals surface area contributed by atoms with Crippen LogP contribution in [0.1, 0.15) is 24.1 Å². The number of rotatable bonds is 8. The maximum Gasteiger partial charge on any atom is 0.305 e. The maximum atomic E-state index is 11.8. The van der Waals surface area contributed by atoms with Crippen molar-refractivity contribution in [1.82, 2.24) is 5.32 Å². The molecule has 19 heavy (non-hydrogen) atoms. The highest BCUT2D eigenvalue weighted by Crippen LogP contribution is 2.34. The third-order valence-electron chi connectivity index (χ3n) is 2.99. The predicted octanol–water partition coefficient (Wildman–Crippen LogP) is 2.35. The smallest absolute Gasteiger partial charge is 0.305 e. The van der Waals surface area contributed by atoms with Gasteiger partial charge in [0.2, 0.25) is 5.91 Å². The first kappa shape index (κ1) is 14.4. The molecule has 0 radical (unpaired) electrons. The number of hydrogen-bond donors (Lipinski definition) is 2. The first-order chi connectivity index (χ1) is 9.15. The van der Waals surface area contributed by atoms with Gasteiger partial charge in [-0.2, -0.15) is 0 Å². The van der Waals surface area contributed by atoms with E-state index in [2.05, 4.69) is 5.32 Å². The lowest BCUT2D eigenvalue weighted by Crippen LogP contribution is -2.39. The van der Waals surface area contributed by atoms with Gasteiger partial charge in [0.25, 0.3) is 0 Å². The first-order valence-corrected chi connectivity index (χ1v) is 8.30. The molecule has 1 atom stereocenters. The molecule has 2 N–H and O–H groups in total. The van der Waals surface area contributed by atoms with Gasteiger partial charge in [-0.3, -0.25) is 9.59 Å². The molecule has 4 nitrogen and oxygen atoms in total. The Bertz CT molecular complexity index is 429. The summed E-state index contributed by atoms with van der Waals surface area (Å²) in [5.74, 6) is 0.685. The number of nitrogens with one attached hydrogen (secondary N) is 1. The predicted molar refractivity (Wildman–Crippen MR) is 77.4 cm³/mol. The number of hydrogen-bond acceptors (Lipinski definition) is 4. The SMILES string of the molecule is O=C(O)CC(NC(=O)CSCc1cccs1)C1CC1. The Morgan fingerprint density at radius 3 is 2.89 bits per heavy atom. The van der Waals surface area contributed by atoms with E-state index in [9.17, 15) is 9.59 Å². The summed E-state index contributed by atoms with van der Waals surface area (Å²) in [4.78, 5) is 23.8.